The van der Waals surface area contributed by atoms with Crippen LogP contribution in [0.25, 0.3) is 0 Å². The van der Waals surface area contributed by atoms with E-state index >= 15 is 0 Å². The van der Waals surface area contributed by atoms with Crippen LogP contribution in [0.1, 0.15) is 17.0 Å². The van der Waals surface area contributed by atoms with Crippen LogP contribution in [0.15, 0.2) is 47.3 Å². The zero-order valence-electron chi connectivity index (χ0n) is 12.0. The van der Waals surface area contributed by atoms with E-state index in [1.807, 2.05) is 28.8 Å². The second-order valence-corrected chi connectivity index (χ2v) is 7.25. The van der Waals surface area contributed by atoms with Crippen molar-refractivity contribution < 1.29 is 13.9 Å². The number of thioether (sulfide) groups is 1. The molecule has 0 aromatic carbocycles. The molecule has 2 fully saturated rings. The molecule has 5 nitrogen and oxygen atoms in total. The van der Waals surface area contributed by atoms with E-state index in [9.17, 15) is 4.79 Å². The third-order valence-electron chi connectivity index (χ3n) is 4.09. The fraction of sp³-hybridized carbons (Fsp3) is 0.375. The van der Waals surface area contributed by atoms with Gasteiger partial charge in [-0.05, 0) is 24.3 Å². The lowest BCUT2D eigenvalue weighted by Gasteiger charge is -2.46. The molecule has 4 heterocycles. The van der Waals surface area contributed by atoms with Gasteiger partial charge in [-0.3, -0.25) is 9.78 Å². The van der Waals surface area contributed by atoms with Crippen LogP contribution in [0, 0.1) is 0 Å². The number of carbonyl (C=O) groups excluding carboxylic acids is 1. The third kappa shape index (κ3) is 2.47. The lowest BCUT2D eigenvalue weighted by atomic mass is 9.92. The van der Waals surface area contributed by atoms with Crippen LogP contribution in [-0.4, -0.2) is 45.5 Å². The van der Waals surface area contributed by atoms with E-state index < -0.39 is 0 Å². The molecular weight excluding hydrogens is 300 g/mol. The molecule has 1 atom stereocenters. The maximum Gasteiger partial charge on any atom is 0.289 e. The molecule has 2 saturated heterocycles. The van der Waals surface area contributed by atoms with E-state index in [1.165, 1.54) is 6.26 Å². The summed E-state index contributed by atoms with van der Waals surface area (Å²) < 4.78 is 11.3. The second kappa shape index (κ2) is 5.35. The normalized spacial score (nSPS) is 22.5. The SMILES string of the molecule is O=C(c1ccco1)N1CC2(C[C@H](Oc3cccnc3)CS2)C1. The van der Waals surface area contributed by atoms with Gasteiger partial charge in [-0.2, -0.15) is 0 Å². The maximum atomic E-state index is 12.2. The van der Waals surface area contributed by atoms with Crippen molar-refractivity contribution in [3.63, 3.8) is 0 Å². The molecule has 0 aliphatic carbocycles. The summed E-state index contributed by atoms with van der Waals surface area (Å²) in [4.78, 5) is 18.1. The number of rotatable bonds is 3. The smallest absolute Gasteiger partial charge is 0.289 e. The molecule has 0 saturated carbocycles. The summed E-state index contributed by atoms with van der Waals surface area (Å²) in [6.45, 7) is 1.54. The standard InChI is InChI=1S/C16H16N2O3S/c19-15(14-4-2-6-20-14)18-10-16(11-18)7-13(9-22-16)21-12-3-1-5-17-8-12/h1-6,8,13H,7,9-11H2/t13-/m0/s1. The first kappa shape index (κ1) is 13.7. The molecule has 0 unspecified atom stereocenters. The van der Waals surface area contributed by atoms with Gasteiger partial charge in [-0.1, -0.05) is 0 Å². The first-order valence-corrected chi connectivity index (χ1v) is 8.26. The Hall–Kier alpha value is -1.95. The van der Waals surface area contributed by atoms with Gasteiger partial charge in [0.05, 0.1) is 17.2 Å². The minimum Gasteiger partial charge on any atom is -0.488 e. The minimum atomic E-state index is -0.0205. The number of hydrogen-bond donors (Lipinski definition) is 0. The van der Waals surface area contributed by atoms with Gasteiger partial charge in [0.1, 0.15) is 11.9 Å². The van der Waals surface area contributed by atoms with Crippen molar-refractivity contribution >= 4 is 17.7 Å². The van der Waals surface area contributed by atoms with E-state index in [0.717, 1.165) is 31.0 Å². The number of pyridine rings is 1. The molecule has 2 aromatic rings. The van der Waals surface area contributed by atoms with Crippen molar-refractivity contribution in [1.29, 1.82) is 0 Å². The van der Waals surface area contributed by atoms with Gasteiger partial charge in [0.2, 0.25) is 0 Å². The highest BCUT2D eigenvalue weighted by atomic mass is 32.2. The number of hydrogen-bond acceptors (Lipinski definition) is 5. The molecule has 1 amide bonds. The summed E-state index contributed by atoms with van der Waals surface area (Å²) in [5.74, 6) is 2.17. The van der Waals surface area contributed by atoms with Gasteiger partial charge < -0.3 is 14.1 Å². The molecule has 0 N–H and O–H groups in total. The Morgan fingerprint density at radius 2 is 2.32 bits per heavy atom. The predicted molar refractivity (Wildman–Crippen MR) is 83.1 cm³/mol. The number of furan rings is 1. The van der Waals surface area contributed by atoms with Gasteiger partial charge >= 0.3 is 0 Å². The van der Waals surface area contributed by atoms with Crippen LogP contribution in [0.3, 0.4) is 0 Å². The number of aromatic nitrogens is 1. The van der Waals surface area contributed by atoms with Gasteiger partial charge in [-0.25, -0.2) is 0 Å². The van der Waals surface area contributed by atoms with Crippen LogP contribution in [0.4, 0.5) is 0 Å². The average molecular weight is 316 g/mol. The van der Waals surface area contributed by atoms with Crippen LogP contribution < -0.4 is 4.74 Å². The zero-order chi connectivity index (χ0) is 15.0. The lowest BCUT2D eigenvalue weighted by molar-refractivity contribution is 0.0487. The lowest BCUT2D eigenvalue weighted by Crippen LogP contribution is -2.60. The molecule has 6 heteroatoms. The van der Waals surface area contributed by atoms with Gasteiger partial charge in [-0.15, -0.1) is 11.8 Å². The Kier molecular flexibility index (Phi) is 3.33. The molecule has 0 bridgehead atoms. The van der Waals surface area contributed by atoms with E-state index in [2.05, 4.69) is 4.98 Å². The summed E-state index contributed by atoms with van der Waals surface area (Å²) in [6.07, 6.45) is 6.17. The van der Waals surface area contributed by atoms with E-state index in [-0.39, 0.29) is 16.8 Å². The first-order valence-electron chi connectivity index (χ1n) is 7.28. The largest absolute Gasteiger partial charge is 0.488 e. The predicted octanol–water partition coefficient (Wildman–Crippen LogP) is 2.45. The summed E-state index contributed by atoms with van der Waals surface area (Å²) in [6, 6.07) is 7.25. The minimum absolute atomic E-state index is 0.0205. The maximum absolute atomic E-state index is 12.2. The van der Waals surface area contributed by atoms with Gasteiger partial charge in [0.25, 0.3) is 5.91 Å². The highest BCUT2D eigenvalue weighted by Gasteiger charge is 2.51. The highest BCUT2D eigenvalue weighted by Crippen LogP contribution is 2.46. The molecule has 0 radical (unpaired) electrons. The van der Waals surface area contributed by atoms with E-state index in [0.29, 0.717) is 5.76 Å². The van der Waals surface area contributed by atoms with Crippen LogP contribution in [0.2, 0.25) is 0 Å². The van der Waals surface area contributed by atoms with Crippen molar-refractivity contribution in [1.82, 2.24) is 9.88 Å². The first-order chi connectivity index (χ1) is 10.7. The van der Waals surface area contributed by atoms with Crippen molar-refractivity contribution in [2.45, 2.75) is 17.3 Å². The van der Waals surface area contributed by atoms with E-state index in [4.69, 9.17) is 9.15 Å². The van der Waals surface area contributed by atoms with Crippen LogP contribution in [0.5, 0.6) is 5.75 Å². The Morgan fingerprint density at radius 1 is 1.41 bits per heavy atom. The van der Waals surface area contributed by atoms with E-state index in [1.54, 1.807) is 24.5 Å². The molecule has 2 aliphatic heterocycles. The molecule has 114 valence electrons. The monoisotopic (exact) mass is 316 g/mol. The van der Waals surface area contributed by atoms with Crippen molar-refractivity contribution in [3.8, 4) is 5.75 Å². The molecule has 2 aromatic heterocycles. The molecule has 22 heavy (non-hydrogen) atoms. The molecule has 1 spiro atoms. The van der Waals surface area contributed by atoms with Crippen LogP contribution >= 0.6 is 11.8 Å². The second-order valence-electron chi connectivity index (χ2n) is 5.77. The quantitative estimate of drug-likeness (QED) is 0.870. The summed E-state index contributed by atoms with van der Waals surface area (Å²) >= 11 is 1.91. The third-order valence-corrected chi connectivity index (χ3v) is 5.67. The fourth-order valence-corrected chi connectivity index (χ4v) is 4.58. The molecule has 4 rings (SSSR count). The van der Waals surface area contributed by atoms with Gasteiger partial charge in [0.15, 0.2) is 5.76 Å². The average Bonchev–Trinajstić information content (AvgIpc) is 3.16. The number of amides is 1. The molecule has 2 aliphatic rings. The summed E-state index contributed by atoms with van der Waals surface area (Å²) in [5.41, 5.74) is 0. The van der Waals surface area contributed by atoms with Crippen LogP contribution in [-0.2, 0) is 0 Å². The number of carbonyl (C=O) groups is 1. The number of ether oxygens (including phenoxy) is 1. The molecular formula is C16H16N2O3S. The van der Waals surface area contributed by atoms with Crippen molar-refractivity contribution in [2.75, 3.05) is 18.8 Å². The zero-order valence-corrected chi connectivity index (χ0v) is 12.8. The highest BCUT2D eigenvalue weighted by molar-refractivity contribution is 8.01. The summed E-state index contributed by atoms with van der Waals surface area (Å²) in [5, 5.41) is 0. The van der Waals surface area contributed by atoms with Crippen molar-refractivity contribution in [3.05, 3.63) is 48.7 Å². The Labute approximate surface area is 132 Å². The topological polar surface area (TPSA) is 55.6 Å². The Bertz CT molecular complexity index is 653. The Balaban J connectivity index is 1.33. The number of likely N-dealkylation sites (tertiary alicyclic amines) is 1. The van der Waals surface area contributed by atoms with Crippen molar-refractivity contribution in [2.24, 2.45) is 0 Å². The fourth-order valence-electron chi connectivity index (χ4n) is 3.06. The van der Waals surface area contributed by atoms with Gasteiger partial charge in [0, 0.05) is 31.5 Å². The Morgan fingerprint density at radius 3 is 3.05 bits per heavy atom. The number of nitrogens with zero attached hydrogens (tertiary/aromatic N) is 2. The summed E-state index contributed by atoms with van der Waals surface area (Å²) in [7, 11) is 0.